The van der Waals surface area contributed by atoms with Gasteiger partial charge >= 0.3 is 6.09 Å². The van der Waals surface area contributed by atoms with E-state index >= 15 is 0 Å². The van der Waals surface area contributed by atoms with E-state index in [0.29, 0.717) is 18.9 Å². The largest absolute Gasteiger partial charge is 0.493 e. The number of benzene rings is 3. The molecule has 0 aromatic heterocycles. The fourth-order valence-corrected chi connectivity index (χ4v) is 6.73. The number of methoxy groups -OCH3 is 1. The molecule has 2 fully saturated rings. The Morgan fingerprint density at radius 1 is 0.921 bits per heavy atom. The maximum Gasteiger partial charge on any atom is 0.410 e. The number of ketones is 1. The highest BCUT2D eigenvalue weighted by Gasteiger charge is 2.44. The van der Waals surface area contributed by atoms with Crippen LogP contribution in [0.5, 0.6) is 5.75 Å². The molecule has 2 saturated heterocycles. The summed E-state index contributed by atoms with van der Waals surface area (Å²) in [5, 5.41) is 0. The van der Waals surface area contributed by atoms with Crippen LogP contribution in [-0.2, 0) is 4.74 Å². The van der Waals surface area contributed by atoms with Crippen LogP contribution in [0.4, 0.5) is 13.6 Å². The molecule has 0 N–H and O–H groups in total. The molecule has 3 aromatic rings. The summed E-state index contributed by atoms with van der Waals surface area (Å²) in [6, 6.07) is 17.9. The minimum Gasteiger partial charge on any atom is -0.493 e. The van der Waals surface area contributed by atoms with Gasteiger partial charge in [0.05, 0.1) is 12.7 Å². The molecule has 2 bridgehead atoms. The number of carbonyl (C=O) groups is 2. The summed E-state index contributed by atoms with van der Waals surface area (Å²) in [6.07, 6.45) is 2.99. The van der Waals surface area contributed by atoms with Crippen LogP contribution in [0.2, 0.25) is 0 Å². The summed E-state index contributed by atoms with van der Waals surface area (Å²) in [5.74, 6) is -2.77. The zero-order chi connectivity index (χ0) is 26.4. The van der Waals surface area contributed by atoms with Crippen molar-refractivity contribution in [1.29, 1.82) is 0 Å². The van der Waals surface area contributed by atoms with Crippen molar-refractivity contribution < 1.29 is 27.8 Å². The SMILES string of the molecule is COc1c(F)cc(F)cc1C(=O)C1CC2CCCC(C1)N2C(=O)OCC1c2ccccc2-c2ccccc21. The Labute approximate surface area is 220 Å². The van der Waals surface area contributed by atoms with Crippen molar-refractivity contribution >= 4 is 11.9 Å². The van der Waals surface area contributed by atoms with Gasteiger partial charge in [-0.2, -0.15) is 0 Å². The minimum atomic E-state index is -0.896. The molecule has 0 radical (unpaired) electrons. The number of Topliss-reactive ketones (excluding diaryl/α,β-unsaturated/α-hetero) is 1. The summed E-state index contributed by atoms with van der Waals surface area (Å²) >= 11 is 0. The molecule has 2 atom stereocenters. The third kappa shape index (κ3) is 4.14. The lowest BCUT2D eigenvalue weighted by molar-refractivity contribution is 0.00644. The van der Waals surface area contributed by atoms with Crippen molar-refractivity contribution in [2.45, 2.75) is 50.1 Å². The predicted molar refractivity (Wildman–Crippen MR) is 138 cm³/mol. The lowest BCUT2D eigenvalue weighted by Crippen LogP contribution is -2.55. The van der Waals surface area contributed by atoms with Gasteiger partial charge in [-0.1, -0.05) is 48.5 Å². The third-order valence-corrected chi connectivity index (χ3v) is 8.37. The zero-order valence-corrected chi connectivity index (χ0v) is 21.2. The van der Waals surface area contributed by atoms with Crippen LogP contribution in [0.1, 0.15) is 59.5 Å². The summed E-state index contributed by atoms with van der Waals surface area (Å²) < 4.78 is 39.2. The molecule has 196 valence electrons. The zero-order valence-electron chi connectivity index (χ0n) is 21.2. The molecular weight excluding hydrogens is 488 g/mol. The summed E-state index contributed by atoms with van der Waals surface area (Å²) in [5.41, 5.74) is 4.57. The van der Waals surface area contributed by atoms with E-state index in [0.717, 1.165) is 36.5 Å². The van der Waals surface area contributed by atoms with Crippen molar-refractivity contribution in [2.24, 2.45) is 5.92 Å². The fourth-order valence-electron chi connectivity index (χ4n) is 6.73. The molecule has 1 amide bonds. The lowest BCUT2D eigenvalue weighted by atomic mass is 9.75. The van der Waals surface area contributed by atoms with E-state index in [1.165, 1.54) is 18.2 Å². The normalized spacial score (nSPS) is 22.0. The number of hydrogen-bond acceptors (Lipinski definition) is 4. The van der Waals surface area contributed by atoms with Crippen LogP contribution >= 0.6 is 0 Å². The molecule has 0 saturated carbocycles. The van der Waals surface area contributed by atoms with Gasteiger partial charge in [-0.3, -0.25) is 4.79 Å². The number of halogens is 2. The average Bonchev–Trinajstić information content (AvgIpc) is 3.24. The quantitative estimate of drug-likeness (QED) is 0.352. The molecule has 3 aliphatic rings. The van der Waals surface area contributed by atoms with Gasteiger partial charge in [-0.05, 0) is 60.4 Å². The smallest absolute Gasteiger partial charge is 0.410 e. The summed E-state index contributed by atoms with van der Waals surface area (Å²) in [7, 11) is 1.27. The van der Waals surface area contributed by atoms with Crippen molar-refractivity contribution in [2.75, 3.05) is 13.7 Å². The molecule has 7 heteroatoms. The Bertz CT molecular complexity index is 1350. The number of hydrogen-bond donors (Lipinski definition) is 0. The van der Waals surface area contributed by atoms with E-state index in [-0.39, 0.29) is 47.8 Å². The average molecular weight is 518 g/mol. The highest BCUT2D eigenvalue weighted by atomic mass is 19.1. The van der Waals surface area contributed by atoms with E-state index in [4.69, 9.17) is 9.47 Å². The highest BCUT2D eigenvalue weighted by molar-refractivity contribution is 6.00. The lowest BCUT2D eigenvalue weighted by Gasteiger charge is -2.47. The van der Waals surface area contributed by atoms with Gasteiger partial charge in [-0.15, -0.1) is 0 Å². The number of rotatable bonds is 5. The van der Waals surface area contributed by atoms with E-state index < -0.39 is 17.6 Å². The van der Waals surface area contributed by atoms with Gasteiger partial charge in [-0.25, -0.2) is 13.6 Å². The Kier molecular flexibility index (Phi) is 6.38. The number of fused-ring (bicyclic) bond motifs is 5. The fraction of sp³-hybridized carbons (Fsp3) is 0.355. The molecular formula is C31H29F2NO4. The summed E-state index contributed by atoms with van der Waals surface area (Å²) in [6.45, 7) is 0.241. The molecule has 5 nitrogen and oxygen atoms in total. The molecule has 1 aliphatic carbocycles. The molecule has 2 heterocycles. The second-order valence-corrected chi connectivity index (χ2v) is 10.5. The first-order chi connectivity index (χ1) is 18.5. The van der Waals surface area contributed by atoms with E-state index in [1.54, 1.807) is 0 Å². The molecule has 38 heavy (non-hydrogen) atoms. The number of piperidine rings is 2. The van der Waals surface area contributed by atoms with Crippen molar-refractivity contribution in [1.82, 2.24) is 4.90 Å². The van der Waals surface area contributed by atoms with Crippen LogP contribution in [-0.4, -0.2) is 42.6 Å². The van der Waals surface area contributed by atoms with Crippen LogP contribution in [0, 0.1) is 17.6 Å². The monoisotopic (exact) mass is 517 g/mol. The summed E-state index contributed by atoms with van der Waals surface area (Å²) in [4.78, 5) is 28.6. The van der Waals surface area contributed by atoms with Crippen molar-refractivity contribution in [3.63, 3.8) is 0 Å². The van der Waals surface area contributed by atoms with Gasteiger partial charge < -0.3 is 14.4 Å². The predicted octanol–water partition coefficient (Wildman–Crippen LogP) is 6.74. The van der Waals surface area contributed by atoms with Gasteiger partial charge in [0.25, 0.3) is 0 Å². The Balaban J connectivity index is 1.18. The third-order valence-electron chi connectivity index (χ3n) is 8.37. The van der Waals surface area contributed by atoms with Gasteiger partial charge in [0.1, 0.15) is 12.4 Å². The van der Waals surface area contributed by atoms with E-state index in [1.807, 2.05) is 29.2 Å². The Hall–Kier alpha value is -3.74. The molecule has 6 rings (SSSR count). The van der Waals surface area contributed by atoms with Crippen LogP contribution in [0.15, 0.2) is 60.7 Å². The topological polar surface area (TPSA) is 55.8 Å². The van der Waals surface area contributed by atoms with Crippen molar-refractivity contribution in [3.8, 4) is 16.9 Å². The molecule has 2 unspecified atom stereocenters. The minimum absolute atomic E-state index is 0.0272. The van der Waals surface area contributed by atoms with Crippen LogP contribution in [0.3, 0.4) is 0 Å². The standard InChI is InChI=1S/C31H29F2NO4/c1-37-30-26(15-19(32)16-28(30)33)29(35)18-13-20-7-6-8-21(14-18)34(20)31(36)38-17-27-24-11-4-2-9-22(24)23-10-3-5-12-25(23)27/h2-5,9-12,15-16,18,20-21,27H,6-8,13-14,17H2,1H3. The molecule has 3 aromatic carbocycles. The highest BCUT2D eigenvalue weighted by Crippen LogP contribution is 2.45. The van der Waals surface area contributed by atoms with Crippen LogP contribution < -0.4 is 4.74 Å². The number of ether oxygens (including phenoxy) is 2. The van der Waals surface area contributed by atoms with E-state index in [2.05, 4.69) is 24.3 Å². The Morgan fingerprint density at radius 2 is 1.53 bits per heavy atom. The second kappa shape index (κ2) is 9.86. The number of nitrogens with zero attached hydrogens (tertiary/aromatic N) is 1. The van der Waals surface area contributed by atoms with Crippen LogP contribution in [0.25, 0.3) is 11.1 Å². The Morgan fingerprint density at radius 3 is 2.13 bits per heavy atom. The van der Waals surface area contributed by atoms with Gasteiger partial charge in [0.15, 0.2) is 17.3 Å². The first-order valence-corrected chi connectivity index (χ1v) is 13.2. The maximum atomic E-state index is 14.2. The first-order valence-electron chi connectivity index (χ1n) is 13.2. The number of carbonyl (C=O) groups excluding carboxylic acids is 2. The van der Waals surface area contributed by atoms with E-state index in [9.17, 15) is 18.4 Å². The molecule has 2 aliphatic heterocycles. The maximum absolute atomic E-state index is 14.2. The number of amides is 1. The second-order valence-electron chi connectivity index (χ2n) is 10.5. The molecule has 0 spiro atoms. The van der Waals surface area contributed by atoms with Gasteiger partial charge in [0.2, 0.25) is 0 Å². The first kappa shape index (κ1) is 24.6. The van der Waals surface area contributed by atoms with Gasteiger partial charge in [0, 0.05) is 30.0 Å². The van der Waals surface area contributed by atoms with Crippen molar-refractivity contribution in [3.05, 3.63) is 89.0 Å².